The lowest BCUT2D eigenvalue weighted by molar-refractivity contribution is -0.384. The van der Waals surface area contributed by atoms with Crippen LogP contribution >= 0.6 is 0 Å². The van der Waals surface area contributed by atoms with Gasteiger partial charge in [-0.2, -0.15) is 0 Å². The molecule has 0 atom stereocenters. The Balaban J connectivity index is 1.78. The third-order valence-electron chi connectivity index (χ3n) is 5.66. The van der Waals surface area contributed by atoms with E-state index in [9.17, 15) is 19.7 Å². The summed E-state index contributed by atoms with van der Waals surface area (Å²) in [7, 11) is 5.02. The minimum absolute atomic E-state index is 0.0675. The highest BCUT2D eigenvalue weighted by Crippen LogP contribution is 2.34. The zero-order chi connectivity index (χ0) is 24.4. The largest absolute Gasteiger partial charge is 0.497 e. The molecular weight excluding hydrogens is 434 g/mol. The number of carbonyl (C=O) groups excluding carboxylic acids is 2. The third kappa shape index (κ3) is 4.25. The Morgan fingerprint density at radius 1 is 0.971 bits per heavy atom. The molecule has 172 valence electrons. The Labute approximate surface area is 196 Å². The Morgan fingerprint density at radius 2 is 1.65 bits per heavy atom. The molecule has 3 aromatic carbocycles. The first-order valence-corrected chi connectivity index (χ1v) is 10.6. The molecule has 8 nitrogen and oxygen atoms in total. The molecule has 4 rings (SSSR count). The Kier molecular flexibility index (Phi) is 6.14. The number of hydrogen-bond acceptors (Lipinski definition) is 6. The van der Waals surface area contributed by atoms with Gasteiger partial charge in [0, 0.05) is 31.3 Å². The molecule has 8 heteroatoms. The first-order valence-electron chi connectivity index (χ1n) is 10.6. The second-order valence-electron chi connectivity index (χ2n) is 8.05. The van der Waals surface area contributed by atoms with Crippen molar-refractivity contribution in [3.63, 3.8) is 0 Å². The van der Waals surface area contributed by atoms with Gasteiger partial charge in [-0.05, 0) is 47.0 Å². The molecule has 0 saturated carbocycles. The van der Waals surface area contributed by atoms with Crippen molar-refractivity contribution in [2.24, 2.45) is 0 Å². The molecule has 0 bridgehead atoms. The number of methoxy groups -OCH3 is 1. The lowest BCUT2D eigenvalue weighted by Gasteiger charge is -2.29. The van der Waals surface area contributed by atoms with Crippen LogP contribution in [0.15, 0.2) is 66.7 Å². The molecule has 3 aromatic rings. The van der Waals surface area contributed by atoms with E-state index in [1.54, 1.807) is 92.8 Å². The van der Waals surface area contributed by atoms with Crippen LogP contribution in [0.1, 0.15) is 27.0 Å². The summed E-state index contributed by atoms with van der Waals surface area (Å²) >= 11 is 0. The van der Waals surface area contributed by atoms with Gasteiger partial charge < -0.3 is 9.64 Å². The molecule has 34 heavy (non-hydrogen) atoms. The summed E-state index contributed by atoms with van der Waals surface area (Å²) in [5.74, 6) is -0.171. The van der Waals surface area contributed by atoms with Crippen LogP contribution in [0.2, 0.25) is 0 Å². The number of hydrogen-bond donors (Lipinski definition) is 0. The van der Waals surface area contributed by atoms with Crippen molar-refractivity contribution >= 4 is 34.8 Å². The molecule has 1 aliphatic rings. The number of amides is 2. The predicted molar refractivity (Wildman–Crippen MR) is 130 cm³/mol. The maximum atomic E-state index is 13.5. The van der Waals surface area contributed by atoms with Crippen molar-refractivity contribution in [3.05, 3.63) is 99.1 Å². The highest BCUT2D eigenvalue weighted by Gasteiger charge is 2.34. The average molecular weight is 457 g/mol. The third-order valence-corrected chi connectivity index (χ3v) is 5.66. The van der Waals surface area contributed by atoms with Crippen molar-refractivity contribution in [2.45, 2.75) is 6.54 Å². The van der Waals surface area contributed by atoms with Crippen LogP contribution in [-0.2, 0) is 11.3 Å². The summed E-state index contributed by atoms with van der Waals surface area (Å²) in [5, 5.41) is 11.6. The number of benzene rings is 3. The number of fused-ring (bicyclic) bond motifs is 1. The van der Waals surface area contributed by atoms with Gasteiger partial charge in [-0.25, -0.2) is 0 Å². The van der Waals surface area contributed by atoms with Crippen molar-refractivity contribution < 1.29 is 19.2 Å². The molecule has 1 heterocycles. The summed E-state index contributed by atoms with van der Waals surface area (Å²) in [6.07, 6.45) is 1.60. The first kappa shape index (κ1) is 22.7. The highest BCUT2D eigenvalue weighted by atomic mass is 16.6. The Bertz CT molecular complexity index is 1310. The van der Waals surface area contributed by atoms with Crippen LogP contribution in [-0.4, -0.2) is 42.8 Å². The lowest BCUT2D eigenvalue weighted by Crippen LogP contribution is -2.41. The van der Waals surface area contributed by atoms with Gasteiger partial charge in [0.2, 0.25) is 0 Å². The number of imide groups is 1. The molecule has 0 N–H and O–H groups in total. The quantitative estimate of drug-likeness (QED) is 0.236. The Morgan fingerprint density at radius 3 is 2.26 bits per heavy atom. The number of nitro groups is 1. The van der Waals surface area contributed by atoms with Gasteiger partial charge in [-0.15, -0.1) is 0 Å². The van der Waals surface area contributed by atoms with E-state index in [2.05, 4.69) is 0 Å². The van der Waals surface area contributed by atoms with Crippen LogP contribution < -0.4 is 9.64 Å². The molecule has 0 fully saturated rings. The number of anilines is 1. The molecule has 0 unspecified atom stereocenters. The Hall–Kier alpha value is -4.46. The molecule has 1 aliphatic heterocycles. The maximum Gasteiger partial charge on any atom is 0.293 e. The zero-order valence-corrected chi connectivity index (χ0v) is 19.0. The van der Waals surface area contributed by atoms with Gasteiger partial charge in [0.25, 0.3) is 17.5 Å². The SMILES string of the molecule is COc1ccc(CN2C(=O)/C(=C/c3ccc(N(C)C)c([N+](=O)[O-])c3)c3ccccc3C2=O)cc1. The van der Waals surface area contributed by atoms with E-state index in [0.29, 0.717) is 33.7 Å². The summed E-state index contributed by atoms with van der Waals surface area (Å²) < 4.78 is 5.17. The second-order valence-corrected chi connectivity index (χ2v) is 8.05. The molecule has 0 aliphatic carbocycles. The number of carbonyl (C=O) groups is 2. The summed E-state index contributed by atoms with van der Waals surface area (Å²) in [4.78, 5) is 40.7. The summed E-state index contributed by atoms with van der Waals surface area (Å²) in [5.41, 5.74) is 2.86. The normalized spacial score (nSPS) is 14.2. The molecule has 0 spiro atoms. The fourth-order valence-corrected chi connectivity index (χ4v) is 3.92. The molecule has 0 radical (unpaired) electrons. The minimum Gasteiger partial charge on any atom is -0.497 e. The van der Waals surface area contributed by atoms with Gasteiger partial charge >= 0.3 is 0 Å². The zero-order valence-electron chi connectivity index (χ0n) is 19.0. The van der Waals surface area contributed by atoms with E-state index in [4.69, 9.17) is 4.74 Å². The van der Waals surface area contributed by atoms with Crippen molar-refractivity contribution in [1.29, 1.82) is 0 Å². The number of nitro benzene ring substituents is 1. The van der Waals surface area contributed by atoms with Crippen molar-refractivity contribution in [1.82, 2.24) is 4.90 Å². The van der Waals surface area contributed by atoms with Crippen LogP contribution in [0.25, 0.3) is 11.6 Å². The van der Waals surface area contributed by atoms with E-state index in [-0.39, 0.29) is 18.1 Å². The molecule has 0 saturated heterocycles. The van der Waals surface area contributed by atoms with E-state index >= 15 is 0 Å². The molecule has 2 amide bonds. The van der Waals surface area contributed by atoms with Gasteiger partial charge in [0.15, 0.2) is 0 Å². The van der Waals surface area contributed by atoms with E-state index in [1.165, 1.54) is 11.0 Å². The second kappa shape index (κ2) is 9.19. The van der Waals surface area contributed by atoms with Gasteiger partial charge in [0.05, 0.1) is 18.6 Å². The van der Waals surface area contributed by atoms with Crippen molar-refractivity contribution in [2.75, 3.05) is 26.1 Å². The summed E-state index contributed by atoms with van der Waals surface area (Å²) in [6.45, 7) is 0.0903. The van der Waals surface area contributed by atoms with Crippen LogP contribution in [0.5, 0.6) is 5.75 Å². The predicted octanol–water partition coefficient (Wildman–Crippen LogP) is 4.39. The van der Waals surface area contributed by atoms with Crippen LogP contribution in [0.3, 0.4) is 0 Å². The highest BCUT2D eigenvalue weighted by molar-refractivity contribution is 6.33. The summed E-state index contributed by atoms with van der Waals surface area (Å²) in [6, 6.07) is 18.8. The van der Waals surface area contributed by atoms with Crippen LogP contribution in [0, 0.1) is 10.1 Å². The maximum absolute atomic E-state index is 13.5. The number of ether oxygens (including phenoxy) is 1. The first-order chi connectivity index (χ1) is 16.3. The van der Waals surface area contributed by atoms with Crippen molar-refractivity contribution in [3.8, 4) is 5.75 Å². The monoisotopic (exact) mass is 457 g/mol. The molecule has 0 aromatic heterocycles. The lowest BCUT2D eigenvalue weighted by atomic mass is 9.91. The fraction of sp³-hybridized carbons (Fsp3) is 0.154. The standard InChI is InChI=1S/C26H23N3O5/c1-27(2)23-13-10-18(15-24(23)29(32)33)14-22-20-6-4-5-7-21(20)25(30)28(26(22)31)16-17-8-11-19(34-3)12-9-17/h4-15H,16H2,1-3H3/b22-14+. The topological polar surface area (TPSA) is 93.0 Å². The number of nitrogens with zero attached hydrogens (tertiary/aromatic N) is 3. The van der Waals surface area contributed by atoms with Gasteiger partial charge in [-0.3, -0.25) is 24.6 Å². The van der Waals surface area contributed by atoms with E-state index < -0.39 is 10.8 Å². The smallest absolute Gasteiger partial charge is 0.293 e. The fourth-order valence-electron chi connectivity index (χ4n) is 3.92. The van der Waals surface area contributed by atoms with Gasteiger partial charge in [0.1, 0.15) is 11.4 Å². The van der Waals surface area contributed by atoms with Gasteiger partial charge in [-0.1, -0.05) is 36.4 Å². The van der Waals surface area contributed by atoms with E-state index in [1.807, 2.05) is 0 Å². The minimum atomic E-state index is -0.459. The average Bonchev–Trinajstić information content (AvgIpc) is 2.84. The number of rotatable bonds is 6. The van der Waals surface area contributed by atoms with Crippen LogP contribution in [0.4, 0.5) is 11.4 Å². The van der Waals surface area contributed by atoms with E-state index in [0.717, 1.165) is 5.56 Å². The molecular formula is C26H23N3O5.